The number of oxime groups is 1. The number of nitrogens with two attached hydrogens (primary N) is 2. The number of nitrogens with zero attached hydrogens (tertiary/aromatic N) is 8. The lowest BCUT2D eigenvalue weighted by atomic mass is 9.72. The van der Waals surface area contributed by atoms with Gasteiger partial charge in [-0.3, -0.25) is 14.7 Å². The van der Waals surface area contributed by atoms with Gasteiger partial charge in [-0.1, -0.05) is 32.9 Å². The van der Waals surface area contributed by atoms with E-state index in [9.17, 15) is 14.7 Å². The average Bonchev–Trinajstić information content (AvgIpc) is 3.36. The van der Waals surface area contributed by atoms with Crippen LogP contribution in [0.15, 0.2) is 16.3 Å². The third-order valence-electron chi connectivity index (χ3n) is 13.5. The van der Waals surface area contributed by atoms with Gasteiger partial charge in [0, 0.05) is 30.1 Å². The second-order valence-electron chi connectivity index (χ2n) is 18.3. The SMILES string of the molecule is CC[C@H]1OC(=O)[C@H](C)[C@H]2OC/C(=N\OCc3cnc4nc(N)nc(N)c4n3)CO[C@](C)(C[C@@H](C)C3=NCCN4C(=O)O[C@@]1(C)[C@H]4[C@H]3C)[C@H](O[C@H]1O[C@@H](C)C[C@@H](N(C)C)[C@@H]1O)[C@H]2C. The Bertz CT molecular complexity index is 2040. The molecular weight excluding hydrogens is 805 g/mol. The number of hydrogen-bond donors (Lipinski definition) is 3. The Hall–Kier alpha value is -4.34. The van der Waals surface area contributed by atoms with Gasteiger partial charge in [0.2, 0.25) is 5.95 Å². The number of amides is 1. The summed E-state index contributed by atoms with van der Waals surface area (Å²) in [7, 11) is 3.84. The van der Waals surface area contributed by atoms with Gasteiger partial charge in [0.05, 0.1) is 67.5 Å². The summed E-state index contributed by atoms with van der Waals surface area (Å²) < 4.78 is 39.8. The fourth-order valence-electron chi connectivity index (χ4n) is 10.5. The maximum atomic E-state index is 14.6. The van der Waals surface area contributed by atoms with Crippen LogP contribution in [0.4, 0.5) is 16.6 Å². The van der Waals surface area contributed by atoms with E-state index in [1.165, 1.54) is 6.20 Å². The molecule has 0 aliphatic carbocycles. The van der Waals surface area contributed by atoms with Crippen LogP contribution in [-0.2, 0) is 44.7 Å². The molecule has 0 spiro atoms. The largest absolute Gasteiger partial charge is 0.458 e. The molecule has 1 amide bonds. The first-order valence-electron chi connectivity index (χ1n) is 21.7. The molecule has 7 heterocycles. The first-order chi connectivity index (χ1) is 29.3. The summed E-state index contributed by atoms with van der Waals surface area (Å²) in [5, 5.41) is 16.3. The number of aliphatic hydroxyl groups excluding tert-OH is 1. The van der Waals surface area contributed by atoms with Gasteiger partial charge < -0.3 is 54.7 Å². The molecule has 7 rings (SSSR count). The van der Waals surface area contributed by atoms with E-state index in [0.29, 0.717) is 43.8 Å². The summed E-state index contributed by atoms with van der Waals surface area (Å²) in [4.78, 5) is 59.7. The minimum atomic E-state index is -1.16. The number of hydrogen-bond acceptors (Lipinski definition) is 19. The molecule has 0 aromatic carbocycles. The van der Waals surface area contributed by atoms with Gasteiger partial charge in [-0.15, -0.1) is 0 Å². The Morgan fingerprint density at radius 2 is 1.82 bits per heavy atom. The lowest BCUT2D eigenvalue weighted by Gasteiger charge is -2.48. The van der Waals surface area contributed by atoms with E-state index >= 15 is 0 Å². The van der Waals surface area contributed by atoms with Crippen LogP contribution in [0, 0.1) is 23.7 Å². The molecule has 5 N–H and O–H groups in total. The molecule has 0 unspecified atom stereocenters. The number of ether oxygens (including phenoxy) is 6. The maximum Gasteiger partial charge on any atom is 0.410 e. The van der Waals surface area contributed by atoms with Crippen molar-refractivity contribution in [1.82, 2.24) is 29.7 Å². The molecule has 2 aromatic rings. The predicted octanol–water partition coefficient (Wildman–Crippen LogP) is 2.75. The molecule has 2 aromatic heterocycles. The summed E-state index contributed by atoms with van der Waals surface area (Å²) in [5.74, 6) is -2.37. The van der Waals surface area contributed by atoms with Gasteiger partial charge in [0.15, 0.2) is 35.5 Å². The second kappa shape index (κ2) is 18.0. The van der Waals surface area contributed by atoms with E-state index in [-0.39, 0.29) is 66.7 Å². The number of likely N-dealkylation sites (N-methyl/N-ethyl adjacent to an activating group) is 1. The predicted molar refractivity (Wildman–Crippen MR) is 227 cm³/mol. The van der Waals surface area contributed by atoms with Crippen LogP contribution >= 0.6 is 0 Å². The van der Waals surface area contributed by atoms with E-state index in [0.717, 1.165) is 5.71 Å². The van der Waals surface area contributed by atoms with Crippen LogP contribution in [-0.4, -0.2) is 159 Å². The first kappa shape index (κ1) is 45.7. The monoisotopic (exact) mass is 868 g/mol. The molecule has 20 nitrogen and oxygen atoms in total. The van der Waals surface area contributed by atoms with Crippen LogP contribution in [0.5, 0.6) is 0 Å². The zero-order chi connectivity index (χ0) is 44.8. The minimum absolute atomic E-state index is 0.0115. The molecule has 5 aliphatic rings. The summed E-state index contributed by atoms with van der Waals surface area (Å²) in [6.07, 6.45) is -2.28. The number of fused-ring (bicyclic) bond motifs is 5. The highest BCUT2D eigenvalue weighted by Crippen LogP contribution is 2.45. The minimum Gasteiger partial charge on any atom is -0.458 e. The summed E-state index contributed by atoms with van der Waals surface area (Å²) in [6.45, 7) is 16.1. The van der Waals surface area contributed by atoms with Crippen molar-refractivity contribution >= 4 is 46.4 Å². The van der Waals surface area contributed by atoms with Crippen molar-refractivity contribution in [2.75, 3.05) is 51.9 Å². The van der Waals surface area contributed by atoms with E-state index in [4.69, 9.17) is 49.7 Å². The van der Waals surface area contributed by atoms with Gasteiger partial charge in [-0.25, -0.2) is 14.8 Å². The topological polar surface area (TPSA) is 254 Å². The number of anilines is 2. The highest BCUT2D eigenvalue weighted by molar-refractivity contribution is 5.91. The van der Waals surface area contributed by atoms with Gasteiger partial charge >= 0.3 is 12.1 Å². The number of aliphatic hydroxyl groups is 1. The number of esters is 1. The van der Waals surface area contributed by atoms with Crippen molar-refractivity contribution in [3.63, 3.8) is 0 Å². The Morgan fingerprint density at radius 1 is 1.06 bits per heavy atom. The van der Waals surface area contributed by atoms with Crippen LogP contribution in [0.2, 0.25) is 0 Å². The molecule has 4 saturated heterocycles. The van der Waals surface area contributed by atoms with E-state index in [1.54, 1.807) is 11.8 Å². The molecule has 0 radical (unpaired) electrons. The molecular formula is C42H64N10O10. The van der Waals surface area contributed by atoms with Gasteiger partial charge in [0.25, 0.3) is 0 Å². The van der Waals surface area contributed by atoms with E-state index < -0.39 is 71.8 Å². The smallest absolute Gasteiger partial charge is 0.410 e. The molecule has 0 saturated carbocycles. The van der Waals surface area contributed by atoms with Gasteiger partial charge in [0.1, 0.15) is 17.9 Å². The molecule has 5 aliphatic heterocycles. The first-order valence-corrected chi connectivity index (χ1v) is 21.7. The third-order valence-corrected chi connectivity index (χ3v) is 13.5. The Morgan fingerprint density at radius 3 is 2.55 bits per heavy atom. The quantitative estimate of drug-likeness (QED) is 0.267. The second-order valence-corrected chi connectivity index (χ2v) is 18.3. The van der Waals surface area contributed by atoms with Gasteiger partial charge in [-0.2, -0.15) is 9.97 Å². The number of carbonyl (C=O) groups is 2. The highest BCUT2D eigenvalue weighted by Gasteiger charge is 2.60. The summed E-state index contributed by atoms with van der Waals surface area (Å²) in [6, 6.07) is -0.706. The van der Waals surface area contributed by atoms with Crippen LogP contribution < -0.4 is 11.5 Å². The zero-order valence-corrected chi connectivity index (χ0v) is 37.5. The summed E-state index contributed by atoms with van der Waals surface area (Å²) >= 11 is 0. The molecule has 342 valence electrons. The lowest BCUT2D eigenvalue weighted by molar-refractivity contribution is -0.302. The molecule has 4 bridgehead atoms. The fraction of sp³-hybridized carbons (Fsp3) is 0.762. The van der Waals surface area contributed by atoms with Crippen molar-refractivity contribution in [3.05, 3.63) is 11.9 Å². The lowest BCUT2D eigenvalue weighted by Crippen LogP contribution is -2.60. The maximum absolute atomic E-state index is 14.6. The van der Waals surface area contributed by atoms with Crippen LogP contribution in [0.25, 0.3) is 11.2 Å². The van der Waals surface area contributed by atoms with E-state index in [1.807, 2.05) is 53.6 Å². The number of rotatable bonds is 7. The van der Waals surface area contributed by atoms with Crippen molar-refractivity contribution in [2.24, 2.45) is 33.8 Å². The third kappa shape index (κ3) is 8.78. The van der Waals surface area contributed by atoms with Crippen molar-refractivity contribution in [3.8, 4) is 0 Å². The number of aromatic nitrogens is 4. The van der Waals surface area contributed by atoms with Crippen molar-refractivity contribution in [1.29, 1.82) is 0 Å². The number of aliphatic imine (C=N–C) groups is 1. The number of nitrogen functional groups attached to an aromatic ring is 2. The van der Waals surface area contributed by atoms with Crippen molar-refractivity contribution < 1.29 is 48.0 Å². The summed E-state index contributed by atoms with van der Waals surface area (Å²) in [5.41, 5.74) is 11.7. The number of cyclic esters (lactones) is 1. The van der Waals surface area contributed by atoms with Gasteiger partial charge in [-0.05, 0) is 67.0 Å². The van der Waals surface area contributed by atoms with Crippen LogP contribution in [0.1, 0.15) is 80.3 Å². The molecule has 4 fully saturated rings. The standard InChI is InChI=1S/C42H64N10O10/c1-11-28-42(8)33-22(4)29(45-12-13-52(33)40(55)62-42)20(2)15-41(7)34(61-38-31(53)27(51(9)10)14-21(3)59-38)23(5)32(24(6)37(54)60-28)56-17-26(18-57-41)50-58-19-25-16-46-36-30(47-25)35(43)48-39(44)49-36/h16,20-24,27-28,31-34,38,53H,11-15,17-19H2,1-10H3,(H4,43,44,46,48,49)/b50-26+/t20-,21+,22+,23+,24-,27-,28-,31+,32+,33-,34-,38-,41-,42-/m1/s1. The average molecular weight is 869 g/mol. The van der Waals surface area contributed by atoms with Crippen LogP contribution in [0.3, 0.4) is 0 Å². The Labute approximate surface area is 362 Å². The van der Waals surface area contributed by atoms with Crippen molar-refractivity contribution in [2.45, 2.75) is 141 Å². The highest BCUT2D eigenvalue weighted by atomic mass is 16.7. The van der Waals surface area contributed by atoms with E-state index in [2.05, 4.69) is 38.9 Å². The molecule has 14 atom stereocenters. The normalized spacial score (nSPS) is 39.0. The molecule has 62 heavy (non-hydrogen) atoms. The fourth-order valence-corrected chi connectivity index (χ4v) is 10.5. The molecule has 20 heteroatoms. The Kier molecular flexibility index (Phi) is 13.3. The Balaban J connectivity index is 1.29. The number of carbonyl (C=O) groups excluding carboxylic acids is 2. The zero-order valence-electron chi connectivity index (χ0n) is 37.5.